The molecule has 10 heteroatoms. The Morgan fingerprint density at radius 3 is 2.50 bits per heavy atom. The first-order valence-electron chi connectivity index (χ1n) is 12.9. The fourth-order valence-corrected chi connectivity index (χ4v) is 4.63. The van der Waals surface area contributed by atoms with Crippen molar-refractivity contribution in [1.82, 2.24) is 19.9 Å². The van der Waals surface area contributed by atoms with Crippen LogP contribution in [0.25, 0.3) is 0 Å². The highest BCUT2D eigenvalue weighted by Gasteiger charge is 2.19. The van der Waals surface area contributed by atoms with Gasteiger partial charge in [-0.15, -0.1) is 5.10 Å². The van der Waals surface area contributed by atoms with Crippen LogP contribution in [0.2, 0.25) is 0 Å². The Balaban J connectivity index is 1.14. The molecule has 0 aliphatic carbocycles. The third-order valence-corrected chi connectivity index (χ3v) is 6.82. The monoisotopic (exact) mass is 538 g/mol. The second-order valence-corrected chi connectivity index (χ2v) is 9.40. The summed E-state index contributed by atoms with van der Waals surface area (Å²) in [5.74, 6) is 1.75. The number of fused-ring (bicyclic) bond motifs is 1. The Morgan fingerprint density at radius 1 is 1.00 bits per heavy atom. The Hall–Kier alpha value is -4.88. The number of para-hydroxylation sites is 2. The van der Waals surface area contributed by atoms with Crippen LogP contribution in [0.5, 0.6) is 17.2 Å². The van der Waals surface area contributed by atoms with Gasteiger partial charge in [0.05, 0.1) is 44.3 Å². The highest BCUT2D eigenvalue weighted by molar-refractivity contribution is 6.05. The van der Waals surface area contributed by atoms with Crippen molar-refractivity contribution >= 4 is 11.6 Å². The van der Waals surface area contributed by atoms with E-state index in [4.69, 9.17) is 19.5 Å². The van der Waals surface area contributed by atoms with Gasteiger partial charge in [-0.2, -0.15) is 5.26 Å². The minimum absolute atomic E-state index is 0.211. The van der Waals surface area contributed by atoms with Crippen LogP contribution in [0.3, 0.4) is 0 Å². The topological polar surface area (TPSA) is 115 Å². The Morgan fingerprint density at radius 2 is 1.75 bits per heavy atom. The van der Waals surface area contributed by atoms with Gasteiger partial charge in [-0.1, -0.05) is 17.3 Å². The zero-order valence-corrected chi connectivity index (χ0v) is 22.5. The molecule has 1 aliphatic heterocycles. The lowest BCUT2D eigenvalue weighted by molar-refractivity contribution is 0.102. The second-order valence-electron chi connectivity index (χ2n) is 9.40. The number of nitriles is 1. The molecule has 0 saturated heterocycles. The average molecular weight is 539 g/mol. The third-order valence-electron chi connectivity index (χ3n) is 6.82. The van der Waals surface area contributed by atoms with E-state index in [-0.39, 0.29) is 12.5 Å². The van der Waals surface area contributed by atoms with Gasteiger partial charge in [-0.3, -0.25) is 14.4 Å². The fourth-order valence-electron chi connectivity index (χ4n) is 4.63. The van der Waals surface area contributed by atoms with E-state index in [0.29, 0.717) is 34.8 Å². The maximum atomic E-state index is 12.7. The molecule has 1 N–H and O–H groups in total. The van der Waals surface area contributed by atoms with E-state index in [1.165, 1.54) is 11.1 Å². The predicted octanol–water partition coefficient (Wildman–Crippen LogP) is 4.06. The molecular formula is C30H30N6O4. The summed E-state index contributed by atoms with van der Waals surface area (Å²) < 4.78 is 18.7. The number of carbonyl (C=O) groups excluding carboxylic acids is 1. The van der Waals surface area contributed by atoms with Gasteiger partial charge in [0.25, 0.3) is 5.91 Å². The summed E-state index contributed by atoms with van der Waals surface area (Å²) in [6, 6.07) is 19.9. The minimum Gasteiger partial charge on any atom is -0.493 e. The number of nitrogens with one attached hydrogen (secondary N) is 1. The van der Waals surface area contributed by atoms with Crippen LogP contribution in [0.1, 0.15) is 32.7 Å². The Bertz CT molecular complexity index is 1530. The van der Waals surface area contributed by atoms with Gasteiger partial charge in [-0.25, -0.2) is 0 Å². The molecule has 10 nitrogen and oxygen atoms in total. The summed E-state index contributed by atoms with van der Waals surface area (Å²) >= 11 is 0. The van der Waals surface area contributed by atoms with Gasteiger partial charge in [0.1, 0.15) is 18.1 Å². The molecule has 0 saturated carbocycles. The van der Waals surface area contributed by atoms with Gasteiger partial charge in [0, 0.05) is 25.2 Å². The van der Waals surface area contributed by atoms with Crippen molar-refractivity contribution in [1.29, 1.82) is 5.26 Å². The molecule has 0 fully saturated rings. The van der Waals surface area contributed by atoms with Gasteiger partial charge in [0.15, 0.2) is 11.5 Å². The summed E-state index contributed by atoms with van der Waals surface area (Å²) in [5, 5.41) is 20.3. The van der Waals surface area contributed by atoms with Crippen molar-refractivity contribution in [3.05, 3.63) is 94.8 Å². The number of hydrogen-bond donors (Lipinski definition) is 1. The molecular weight excluding hydrogens is 508 g/mol. The van der Waals surface area contributed by atoms with Crippen molar-refractivity contribution in [3.63, 3.8) is 0 Å². The lowest BCUT2D eigenvalue weighted by Crippen LogP contribution is -2.33. The molecule has 0 bridgehead atoms. The first-order chi connectivity index (χ1) is 19.6. The van der Waals surface area contributed by atoms with Crippen LogP contribution in [0, 0.1) is 11.3 Å². The lowest BCUT2D eigenvalue weighted by Gasteiger charge is -2.29. The molecule has 4 aromatic rings. The molecule has 0 unspecified atom stereocenters. The molecule has 1 aliphatic rings. The standard InChI is InChI=1S/C30H30N6O4/c1-38-28-15-23-11-12-35(18-24(23)16-29(28)39-2)13-14-36-19-25(33-34-36)20-40-27-6-4-3-5-26(27)32-30(37)22-9-7-21(17-31)8-10-22/h3-10,15-16,19H,11-14,18,20H2,1-2H3,(H,32,37). The summed E-state index contributed by atoms with van der Waals surface area (Å²) in [5.41, 5.74) is 4.73. The number of rotatable bonds is 10. The van der Waals surface area contributed by atoms with Gasteiger partial charge >= 0.3 is 0 Å². The number of aromatic nitrogens is 3. The summed E-state index contributed by atoms with van der Waals surface area (Å²) in [7, 11) is 3.32. The first-order valence-corrected chi connectivity index (χ1v) is 12.9. The second kappa shape index (κ2) is 12.3. The number of carbonyl (C=O) groups is 1. The lowest BCUT2D eigenvalue weighted by atomic mass is 9.99. The molecule has 0 spiro atoms. The third kappa shape index (κ3) is 6.22. The van der Waals surface area contributed by atoms with Gasteiger partial charge < -0.3 is 19.5 Å². The molecule has 1 amide bonds. The van der Waals surface area contributed by atoms with Crippen molar-refractivity contribution < 1.29 is 19.0 Å². The molecule has 5 rings (SSSR count). The molecule has 0 radical (unpaired) electrons. The molecule has 40 heavy (non-hydrogen) atoms. The highest BCUT2D eigenvalue weighted by atomic mass is 16.5. The van der Waals surface area contributed by atoms with Gasteiger partial charge in [0.2, 0.25) is 0 Å². The molecule has 3 aromatic carbocycles. The molecule has 0 atom stereocenters. The van der Waals surface area contributed by atoms with Crippen LogP contribution >= 0.6 is 0 Å². The summed E-state index contributed by atoms with van der Waals surface area (Å²) in [6.07, 6.45) is 2.83. The number of benzene rings is 3. The van der Waals surface area contributed by atoms with Crippen molar-refractivity contribution in [3.8, 4) is 23.3 Å². The van der Waals surface area contributed by atoms with Crippen LogP contribution < -0.4 is 19.5 Å². The number of nitrogens with zero attached hydrogens (tertiary/aromatic N) is 5. The van der Waals surface area contributed by atoms with Crippen molar-refractivity contribution in [2.75, 3.05) is 32.6 Å². The van der Waals surface area contributed by atoms with E-state index in [9.17, 15) is 4.79 Å². The number of anilines is 1. The van der Waals surface area contributed by atoms with E-state index >= 15 is 0 Å². The fraction of sp³-hybridized carbons (Fsp3) is 0.267. The SMILES string of the molecule is COc1cc2c(cc1OC)CN(CCn1cc(COc3ccccc3NC(=O)c3ccc(C#N)cc3)nn1)CC2. The van der Waals surface area contributed by atoms with E-state index in [2.05, 4.69) is 32.7 Å². The average Bonchev–Trinajstić information content (AvgIpc) is 3.46. The normalized spacial score (nSPS) is 12.7. The van der Waals surface area contributed by atoms with E-state index in [0.717, 1.165) is 37.6 Å². The smallest absolute Gasteiger partial charge is 0.255 e. The Labute approximate surface area is 232 Å². The first kappa shape index (κ1) is 26.7. The largest absolute Gasteiger partial charge is 0.493 e. The van der Waals surface area contributed by atoms with E-state index in [1.807, 2.05) is 29.1 Å². The van der Waals surface area contributed by atoms with Crippen LogP contribution in [0.15, 0.2) is 66.9 Å². The quantitative estimate of drug-likeness (QED) is 0.322. The molecule has 1 aromatic heterocycles. The zero-order valence-electron chi connectivity index (χ0n) is 22.5. The highest BCUT2D eigenvalue weighted by Crippen LogP contribution is 2.33. The van der Waals surface area contributed by atoms with Crippen molar-refractivity contribution in [2.45, 2.75) is 26.1 Å². The number of ether oxygens (including phenoxy) is 3. The Kier molecular flexibility index (Phi) is 8.23. The van der Waals surface area contributed by atoms with Crippen LogP contribution in [-0.4, -0.2) is 53.1 Å². The van der Waals surface area contributed by atoms with Crippen LogP contribution in [0.4, 0.5) is 5.69 Å². The van der Waals surface area contributed by atoms with Crippen LogP contribution in [-0.2, 0) is 26.1 Å². The molecule has 204 valence electrons. The minimum atomic E-state index is -0.288. The van der Waals surface area contributed by atoms with Crippen molar-refractivity contribution in [2.24, 2.45) is 0 Å². The number of hydrogen-bond acceptors (Lipinski definition) is 8. The van der Waals surface area contributed by atoms with Gasteiger partial charge in [-0.05, 0) is 66.1 Å². The zero-order chi connectivity index (χ0) is 27.9. The maximum Gasteiger partial charge on any atom is 0.255 e. The maximum absolute atomic E-state index is 12.7. The van der Waals surface area contributed by atoms with E-state index < -0.39 is 0 Å². The summed E-state index contributed by atoms with van der Waals surface area (Å²) in [4.78, 5) is 15.1. The number of amides is 1. The number of methoxy groups -OCH3 is 2. The predicted molar refractivity (Wildman–Crippen MR) is 148 cm³/mol. The van der Waals surface area contributed by atoms with E-state index in [1.54, 1.807) is 50.6 Å². The summed E-state index contributed by atoms with van der Waals surface area (Å²) in [6.45, 7) is 3.54. The molecule has 2 heterocycles.